The molecule has 17 heavy (non-hydrogen) atoms. The Morgan fingerprint density at radius 3 is 1.29 bits per heavy atom. The fourth-order valence-electron chi connectivity index (χ4n) is 2.21. The van der Waals surface area contributed by atoms with E-state index in [4.69, 9.17) is 0 Å². The first-order chi connectivity index (χ1) is 8.41. The van der Waals surface area contributed by atoms with Crippen molar-refractivity contribution in [2.75, 3.05) is 6.16 Å². The fourth-order valence-corrected chi connectivity index (χ4v) is 3.43. The average molecular weight is 323 g/mol. The van der Waals surface area contributed by atoms with Gasteiger partial charge in [-0.25, -0.2) is 0 Å². The third kappa shape index (κ3) is 16.9. The quantitative estimate of drug-likeness (QED) is 0.237. The fraction of sp³-hybridized carbons (Fsp3) is 1.00. The number of rotatable bonds is 14. The average Bonchev–Trinajstić information content (AvgIpc) is 2.35. The van der Waals surface area contributed by atoms with Crippen molar-refractivity contribution in [2.24, 2.45) is 0 Å². The summed E-state index contributed by atoms with van der Waals surface area (Å²) in [5, 5.41) is 0. The standard InChI is InChI=1S/C15H32BrP/c1-2-3-4-5-6-7-8-9-10-11-12-13-14-15-17-16/h17H,2-15H2,1H3. The summed E-state index contributed by atoms with van der Waals surface area (Å²) in [6.45, 7) is 2.29. The first-order valence-corrected chi connectivity index (χ1v) is 11.2. The summed E-state index contributed by atoms with van der Waals surface area (Å²) in [7, 11) is 0.982. The lowest BCUT2D eigenvalue weighted by atomic mass is 10.1. The van der Waals surface area contributed by atoms with Crippen LogP contribution in [0, 0.1) is 0 Å². The van der Waals surface area contributed by atoms with Crippen LogP contribution in [0.1, 0.15) is 90.4 Å². The van der Waals surface area contributed by atoms with E-state index in [1.165, 1.54) is 89.6 Å². The minimum Gasteiger partial charge on any atom is -0.0654 e. The van der Waals surface area contributed by atoms with Gasteiger partial charge in [-0.1, -0.05) is 107 Å². The molecule has 0 aliphatic rings. The summed E-state index contributed by atoms with van der Waals surface area (Å²) < 4.78 is 0. The van der Waals surface area contributed by atoms with Crippen LogP contribution in [0.15, 0.2) is 0 Å². The predicted molar refractivity (Wildman–Crippen MR) is 87.8 cm³/mol. The second-order valence-electron chi connectivity index (χ2n) is 5.13. The molecule has 0 aromatic heterocycles. The molecule has 0 aliphatic heterocycles. The molecule has 0 radical (unpaired) electrons. The molecule has 0 nitrogen and oxygen atoms in total. The molecule has 0 N–H and O–H groups in total. The van der Waals surface area contributed by atoms with E-state index < -0.39 is 0 Å². The van der Waals surface area contributed by atoms with E-state index in [9.17, 15) is 0 Å². The van der Waals surface area contributed by atoms with E-state index >= 15 is 0 Å². The summed E-state index contributed by atoms with van der Waals surface area (Å²) >= 11 is 3.51. The molecule has 0 aliphatic carbocycles. The molecule has 0 aromatic rings. The summed E-state index contributed by atoms with van der Waals surface area (Å²) in [5.74, 6) is 0. The Bertz CT molecular complexity index is 114. The highest BCUT2D eigenvalue weighted by atomic mass is 79.9. The maximum atomic E-state index is 3.51. The summed E-state index contributed by atoms with van der Waals surface area (Å²) in [5.41, 5.74) is 0. The van der Waals surface area contributed by atoms with Gasteiger partial charge >= 0.3 is 0 Å². The van der Waals surface area contributed by atoms with Crippen LogP contribution < -0.4 is 0 Å². The molecular weight excluding hydrogens is 291 g/mol. The Morgan fingerprint density at radius 2 is 0.941 bits per heavy atom. The Hall–Kier alpha value is 0.910. The zero-order chi connectivity index (χ0) is 12.6. The van der Waals surface area contributed by atoms with Gasteiger partial charge < -0.3 is 0 Å². The topological polar surface area (TPSA) is 0 Å². The van der Waals surface area contributed by atoms with Crippen molar-refractivity contribution in [3.8, 4) is 0 Å². The summed E-state index contributed by atoms with van der Waals surface area (Å²) in [4.78, 5) is 0. The third-order valence-electron chi connectivity index (χ3n) is 3.37. The van der Waals surface area contributed by atoms with Gasteiger partial charge in [0.25, 0.3) is 0 Å². The molecule has 0 aromatic carbocycles. The number of unbranched alkanes of at least 4 members (excludes halogenated alkanes) is 12. The molecule has 0 heterocycles. The highest BCUT2D eigenvalue weighted by molar-refractivity contribution is 9.36. The molecule has 1 atom stereocenters. The Balaban J connectivity index is 2.85. The van der Waals surface area contributed by atoms with Crippen LogP contribution in [-0.4, -0.2) is 6.16 Å². The van der Waals surface area contributed by atoms with Crippen molar-refractivity contribution in [1.82, 2.24) is 0 Å². The van der Waals surface area contributed by atoms with Crippen LogP contribution in [0.25, 0.3) is 0 Å². The van der Waals surface area contributed by atoms with Crippen LogP contribution in [0.5, 0.6) is 0 Å². The van der Waals surface area contributed by atoms with Crippen molar-refractivity contribution in [3.63, 3.8) is 0 Å². The maximum Gasteiger partial charge on any atom is -0.0255 e. The SMILES string of the molecule is CCCCCCCCCCCCCCCPBr. The lowest BCUT2D eigenvalue weighted by Gasteiger charge is -2.02. The molecule has 0 rings (SSSR count). The molecule has 1 unspecified atom stereocenters. The Labute approximate surface area is 119 Å². The van der Waals surface area contributed by atoms with Gasteiger partial charge in [0.05, 0.1) is 0 Å². The first-order valence-electron chi connectivity index (χ1n) is 7.75. The second kappa shape index (κ2) is 16.9. The summed E-state index contributed by atoms with van der Waals surface area (Å²) in [6.07, 6.45) is 20.4. The number of hydrogen-bond acceptors (Lipinski definition) is 0. The zero-order valence-electron chi connectivity index (χ0n) is 11.8. The molecule has 0 bridgehead atoms. The Morgan fingerprint density at radius 1 is 0.588 bits per heavy atom. The molecular formula is C15H32BrP. The molecule has 104 valence electrons. The van der Waals surface area contributed by atoms with Gasteiger partial charge in [-0.2, -0.15) is 0 Å². The van der Waals surface area contributed by atoms with Gasteiger partial charge in [0.2, 0.25) is 0 Å². The van der Waals surface area contributed by atoms with Crippen LogP contribution >= 0.6 is 22.8 Å². The van der Waals surface area contributed by atoms with Crippen LogP contribution in [-0.2, 0) is 0 Å². The van der Waals surface area contributed by atoms with Crippen molar-refractivity contribution >= 4 is 22.8 Å². The maximum absolute atomic E-state index is 3.51. The predicted octanol–water partition coefficient (Wildman–Crippen LogP) is 7.07. The molecule has 2 heteroatoms. The highest BCUT2D eigenvalue weighted by Gasteiger charge is 1.93. The van der Waals surface area contributed by atoms with Crippen LogP contribution in [0.4, 0.5) is 0 Å². The highest BCUT2D eigenvalue weighted by Crippen LogP contribution is 2.21. The van der Waals surface area contributed by atoms with Crippen molar-refractivity contribution in [2.45, 2.75) is 90.4 Å². The Kier molecular flexibility index (Phi) is 17.8. The smallest absolute Gasteiger partial charge is 0.0255 e. The van der Waals surface area contributed by atoms with E-state index in [1.54, 1.807) is 0 Å². The van der Waals surface area contributed by atoms with E-state index in [2.05, 4.69) is 22.4 Å². The van der Waals surface area contributed by atoms with Gasteiger partial charge in [0.1, 0.15) is 0 Å². The second-order valence-corrected chi connectivity index (χ2v) is 7.58. The lowest BCUT2D eigenvalue weighted by Crippen LogP contribution is -1.83. The third-order valence-corrected chi connectivity index (χ3v) is 5.11. The minimum absolute atomic E-state index is 0.982. The molecule has 0 spiro atoms. The van der Waals surface area contributed by atoms with Crippen LogP contribution in [0.2, 0.25) is 0 Å². The van der Waals surface area contributed by atoms with E-state index in [1.807, 2.05) is 0 Å². The van der Waals surface area contributed by atoms with Gasteiger partial charge in [-0.15, -0.1) is 0 Å². The lowest BCUT2D eigenvalue weighted by molar-refractivity contribution is 0.543. The number of halogens is 1. The van der Waals surface area contributed by atoms with Crippen LogP contribution in [0.3, 0.4) is 0 Å². The van der Waals surface area contributed by atoms with Gasteiger partial charge in [-0.05, 0) is 12.6 Å². The van der Waals surface area contributed by atoms with Crippen molar-refractivity contribution < 1.29 is 0 Å². The molecule has 0 amide bonds. The molecule has 0 saturated carbocycles. The van der Waals surface area contributed by atoms with Crippen molar-refractivity contribution in [1.29, 1.82) is 0 Å². The van der Waals surface area contributed by atoms with Gasteiger partial charge in [0.15, 0.2) is 0 Å². The number of hydrogen-bond donors (Lipinski definition) is 0. The van der Waals surface area contributed by atoms with E-state index in [0.29, 0.717) is 0 Å². The first kappa shape index (κ1) is 17.9. The van der Waals surface area contributed by atoms with Crippen molar-refractivity contribution in [3.05, 3.63) is 0 Å². The van der Waals surface area contributed by atoms with E-state index in [0.717, 1.165) is 7.28 Å². The van der Waals surface area contributed by atoms with Gasteiger partial charge in [0, 0.05) is 0 Å². The van der Waals surface area contributed by atoms with E-state index in [-0.39, 0.29) is 0 Å². The minimum atomic E-state index is 0.982. The zero-order valence-corrected chi connectivity index (χ0v) is 14.4. The summed E-state index contributed by atoms with van der Waals surface area (Å²) in [6, 6.07) is 0. The normalized spacial score (nSPS) is 11.6. The van der Waals surface area contributed by atoms with Gasteiger partial charge in [-0.3, -0.25) is 0 Å². The molecule has 0 fully saturated rings. The molecule has 0 saturated heterocycles. The largest absolute Gasteiger partial charge is 0.0654 e. The monoisotopic (exact) mass is 322 g/mol.